The number of rotatable bonds is 8. The molecule has 0 heterocycles. The minimum Gasteiger partial charge on any atom is -0.341 e. The van der Waals surface area contributed by atoms with Gasteiger partial charge in [0.1, 0.15) is 0 Å². The van der Waals surface area contributed by atoms with Crippen LogP contribution in [0.1, 0.15) is 30.4 Å². The third-order valence-corrected chi connectivity index (χ3v) is 5.99. The zero-order valence-electron chi connectivity index (χ0n) is 14.9. The van der Waals surface area contributed by atoms with Gasteiger partial charge in [0.2, 0.25) is 15.9 Å². The summed E-state index contributed by atoms with van der Waals surface area (Å²) >= 11 is 0. The molecule has 1 aliphatic carbocycles. The molecular formula is C20H24N2O3S. The Labute approximate surface area is 155 Å². The van der Waals surface area contributed by atoms with Crippen LogP contribution in [-0.2, 0) is 27.8 Å². The first-order chi connectivity index (χ1) is 12.4. The van der Waals surface area contributed by atoms with E-state index >= 15 is 0 Å². The molecular weight excluding hydrogens is 348 g/mol. The summed E-state index contributed by atoms with van der Waals surface area (Å²) in [6.07, 6.45) is 2.82. The van der Waals surface area contributed by atoms with Crippen molar-refractivity contribution in [2.75, 3.05) is 7.05 Å². The second-order valence-electron chi connectivity index (χ2n) is 6.77. The normalized spacial score (nSPS) is 14.2. The molecule has 1 N–H and O–H groups in total. The maximum atomic E-state index is 12.3. The molecule has 5 nitrogen and oxygen atoms in total. The van der Waals surface area contributed by atoms with Crippen LogP contribution in [0.5, 0.6) is 0 Å². The average Bonchev–Trinajstić information content (AvgIpc) is 3.44. The van der Waals surface area contributed by atoms with Crippen molar-refractivity contribution in [1.29, 1.82) is 0 Å². The Balaban J connectivity index is 1.51. The lowest BCUT2D eigenvalue weighted by Crippen LogP contribution is -2.26. The summed E-state index contributed by atoms with van der Waals surface area (Å²) < 4.78 is 27.0. The number of hydrogen-bond acceptors (Lipinski definition) is 3. The summed E-state index contributed by atoms with van der Waals surface area (Å²) in [7, 11) is -1.62. The Morgan fingerprint density at radius 1 is 1.04 bits per heavy atom. The number of amides is 1. The van der Waals surface area contributed by atoms with E-state index < -0.39 is 10.0 Å². The topological polar surface area (TPSA) is 66.5 Å². The highest BCUT2D eigenvalue weighted by Gasteiger charge is 2.27. The first-order valence-electron chi connectivity index (χ1n) is 8.83. The minimum atomic E-state index is -3.42. The van der Waals surface area contributed by atoms with Crippen LogP contribution >= 0.6 is 0 Å². The van der Waals surface area contributed by atoms with Gasteiger partial charge in [-0.1, -0.05) is 42.5 Å². The van der Waals surface area contributed by atoms with Crippen molar-refractivity contribution in [3.05, 3.63) is 65.7 Å². The largest absolute Gasteiger partial charge is 0.341 e. The fourth-order valence-electron chi connectivity index (χ4n) is 2.71. The molecule has 0 aliphatic heterocycles. The van der Waals surface area contributed by atoms with Gasteiger partial charge >= 0.3 is 0 Å². The van der Waals surface area contributed by atoms with Crippen molar-refractivity contribution in [1.82, 2.24) is 9.62 Å². The predicted molar refractivity (Wildman–Crippen MR) is 101 cm³/mol. The van der Waals surface area contributed by atoms with E-state index in [-0.39, 0.29) is 16.8 Å². The Kier molecular flexibility index (Phi) is 5.74. The molecule has 0 atom stereocenters. The highest BCUT2D eigenvalue weighted by atomic mass is 32.2. The number of hydrogen-bond donors (Lipinski definition) is 1. The van der Waals surface area contributed by atoms with Gasteiger partial charge in [0.25, 0.3) is 0 Å². The van der Waals surface area contributed by atoms with Crippen molar-refractivity contribution in [2.24, 2.45) is 0 Å². The van der Waals surface area contributed by atoms with Gasteiger partial charge in [-0.15, -0.1) is 0 Å². The van der Waals surface area contributed by atoms with Gasteiger partial charge in [0.05, 0.1) is 4.90 Å². The number of nitrogens with one attached hydrogen (secondary N) is 1. The van der Waals surface area contributed by atoms with Crippen molar-refractivity contribution in [3.63, 3.8) is 0 Å². The monoisotopic (exact) mass is 372 g/mol. The van der Waals surface area contributed by atoms with Crippen LogP contribution in [0.25, 0.3) is 0 Å². The summed E-state index contributed by atoms with van der Waals surface area (Å²) in [5.41, 5.74) is 2.05. The Morgan fingerprint density at radius 3 is 2.31 bits per heavy atom. The lowest BCUT2D eigenvalue weighted by molar-refractivity contribution is -0.130. The molecule has 1 aliphatic rings. The molecule has 1 fully saturated rings. The molecule has 0 aromatic heterocycles. The summed E-state index contributed by atoms with van der Waals surface area (Å²) in [5.74, 6) is 0.0703. The van der Waals surface area contributed by atoms with E-state index in [9.17, 15) is 13.2 Å². The summed E-state index contributed by atoms with van der Waals surface area (Å²) in [6.45, 7) is 0.587. The van der Waals surface area contributed by atoms with Gasteiger partial charge in [-0.05, 0) is 42.5 Å². The molecule has 0 unspecified atom stereocenters. The molecule has 0 saturated heterocycles. The zero-order chi connectivity index (χ0) is 18.6. The maximum absolute atomic E-state index is 12.3. The number of nitrogens with zero attached hydrogens (tertiary/aromatic N) is 1. The zero-order valence-corrected chi connectivity index (χ0v) is 15.7. The van der Waals surface area contributed by atoms with Gasteiger partial charge in [-0.2, -0.15) is 0 Å². The van der Waals surface area contributed by atoms with Crippen LogP contribution in [0.15, 0.2) is 59.5 Å². The van der Waals surface area contributed by atoms with E-state index in [1.165, 1.54) is 0 Å². The molecule has 3 rings (SSSR count). The maximum Gasteiger partial charge on any atom is 0.240 e. The van der Waals surface area contributed by atoms with Gasteiger partial charge in [-0.3, -0.25) is 4.79 Å². The van der Waals surface area contributed by atoms with Crippen LogP contribution < -0.4 is 4.72 Å². The third kappa shape index (κ3) is 5.16. The lowest BCUT2D eigenvalue weighted by atomic mass is 10.1. The van der Waals surface area contributed by atoms with E-state index in [4.69, 9.17) is 0 Å². The fourth-order valence-corrected chi connectivity index (χ4v) is 4.02. The fraction of sp³-hybridized carbons (Fsp3) is 0.350. The number of sulfonamides is 1. The standard InChI is InChI=1S/C20H24N2O3S/c1-22(15-17-5-3-2-4-6-17)20(23)14-9-16-7-12-19(13-8-16)26(24,25)21-18-10-11-18/h2-8,12-13,18,21H,9-11,14-15H2,1H3. The molecule has 2 aromatic rings. The molecule has 0 radical (unpaired) electrons. The first-order valence-corrected chi connectivity index (χ1v) is 10.3. The van der Waals surface area contributed by atoms with E-state index in [2.05, 4.69) is 4.72 Å². The Hall–Kier alpha value is -2.18. The van der Waals surface area contributed by atoms with Gasteiger partial charge in [0.15, 0.2) is 0 Å². The quantitative estimate of drug-likeness (QED) is 0.775. The molecule has 2 aromatic carbocycles. The van der Waals surface area contributed by atoms with E-state index in [1.54, 1.807) is 36.2 Å². The third-order valence-electron chi connectivity index (χ3n) is 4.45. The molecule has 1 amide bonds. The molecule has 1 saturated carbocycles. The average molecular weight is 372 g/mol. The molecule has 138 valence electrons. The number of carbonyl (C=O) groups excluding carboxylic acids is 1. The van der Waals surface area contributed by atoms with Gasteiger partial charge < -0.3 is 4.90 Å². The smallest absolute Gasteiger partial charge is 0.240 e. The second-order valence-corrected chi connectivity index (χ2v) is 8.49. The molecule has 6 heteroatoms. The van der Waals surface area contributed by atoms with Crippen molar-refractivity contribution in [3.8, 4) is 0 Å². The summed E-state index contributed by atoms with van der Waals surface area (Å²) in [6, 6.07) is 16.8. The summed E-state index contributed by atoms with van der Waals surface area (Å²) in [5, 5.41) is 0. The van der Waals surface area contributed by atoms with Gasteiger partial charge in [-0.25, -0.2) is 13.1 Å². The number of aryl methyl sites for hydroxylation is 1. The van der Waals surface area contributed by atoms with E-state index in [0.717, 1.165) is 24.0 Å². The lowest BCUT2D eigenvalue weighted by Gasteiger charge is -2.17. The minimum absolute atomic E-state index is 0.0703. The van der Waals surface area contributed by atoms with E-state index in [0.29, 0.717) is 19.4 Å². The predicted octanol–water partition coefficient (Wildman–Crippen LogP) is 2.72. The van der Waals surface area contributed by atoms with Crippen LogP contribution in [-0.4, -0.2) is 32.3 Å². The molecule has 0 spiro atoms. The Bertz CT molecular complexity index is 844. The van der Waals surface area contributed by atoms with Crippen molar-refractivity contribution < 1.29 is 13.2 Å². The number of benzene rings is 2. The first kappa shape index (κ1) is 18.6. The highest BCUT2D eigenvalue weighted by molar-refractivity contribution is 7.89. The highest BCUT2D eigenvalue weighted by Crippen LogP contribution is 2.22. The van der Waals surface area contributed by atoms with Crippen LogP contribution in [0.2, 0.25) is 0 Å². The molecule has 0 bridgehead atoms. The van der Waals surface area contributed by atoms with Crippen LogP contribution in [0.4, 0.5) is 0 Å². The Morgan fingerprint density at radius 2 is 1.69 bits per heavy atom. The van der Waals surface area contributed by atoms with Crippen molar-refractivity contribution in [2.45, 2.75) is 43.2 Å². The summed E-state index contributed by atoms with van der Waals surface area (Å²) in [4.78, 5) is 14.3. The molecule has 26 heavy (non-hydrogen) atoms. The van der Waals surface area contributed by atoms with Gasteiger partial charge in [0, 0.05) is 26.1 Å². The number of carbonyl (C=O) groups is 1. The van der Waals surface area contributed by atoms with Crippen molar-refractivity contribution >= 4 is 15.9 Å². The van der Waals surface area contributed by atoms with Crippen LogP contribution in [0, 0.1) is 0 Å². The second kappa shape index (κ2) is 8.01. The van der Waals surface area contributed by atoms with E-state index in [1.807, 2.05) is 30.3 Å². The SMILES string of the molecule is CN(Cc1ccccc1)C(=O)CCc1ccc(S(=O)(=O)NC2CC2)cc1. The van der Waals surface area contributed by atoms with Crippen LogP contribution in [0.3, 0.4) is 0 Å².